The Morgan fingerprint density at radius 2 is 1.86 bits per heavy atom. The minimum atomic E-state index is -0.440. The fraction of sp³-hybridized carbons (Fsp3) is 0.500. The van der Waals surface area contributed by atoms with Crippen molar-refractivity contribution < 1.29 is 14.4 Å². The minimum Gasteiger partial charge on any atom is -0.353 e. The zero-order valence-electron chi connectivity index (χ0n) is 12.6. The number of nitrogens with one attached hydrogen (secondary N) is 3. The zero-order chi connectivity index (χ0) is 15.6. The summed E-state index contributed by atoms with van der Waals surface area (Å²) < 4.78 is 0. The lowest BCUT2D eigenvalue weighted by atomic mass is 10.2. The smallest absolute Gasteiger partial charge is 0.338 e. The molecule has 120 valence electrons. The van der Waals surface area contributed by atoms with Crippen LogP contribution in [0, 0.1) is 0 Å². The summed E-state index contributed by atoms with van der Waals surface area (Å²) in [6.45, 7) is 0.593. The molecule has 0 atom stereocenters. The minimum absolute atomic E-state index is 0.0163. The van der Waals surface area contributed by atoms with Crippen LogP contribution in [0.2, 0.25) is 0 Å². The molecule has 0 saturated heterocycles. The lowest BCUT2D eigenvalue weighted by molar-refractivity contribution is -0.121. The van der Waals surface area contributed by atoms with E-state index in [0.717, 1.165) is 18.4 Å². The number of urea groups is 1. The molecule has 0 unspecified atom stereocenters. The topological polar surface area (TPSA) is 79.5 Å². The molecule has 2 rings (SSSR count). The molecule has 3 N–H and O–H groups in total. The molecule has 6 nitrogen and oxygen atoms in total. The monoisotopic (exact) mass is 305 g/mol. The normalized spacial score (nSPS) is 14.5. The van der Waals surface area contributed by atoms with Gasteiger partial charge in [0.2, 0.25) is 5.91 Å². The highest BCUT2D eigenvalue weighted by Gasteiger charge is 2.16. The standard InChI is InChI=1S/C16H23N3O3/c20-15(18-14-8-4-5-9-14)10-11-17-16(21)19-22-12-13-6-2-1-3-7-13/h1-3,6-7,14H,4-5,8-12H2,(H,18,20)(H2,17,19,21). The van der Waals surface area contributed by atoms with Crippen molar-refractivity contribution in [2.24, 2.45) is 0 Å². The van der Waals surface area contributed by atoms with Gasteiger partial charge in [0.25, 0.3) is 0 Å². The van der Waals surface area contributed by atoms with Gasteiger partial charge >= 0.3 is 6.03 Å². The third-order valence-electron chi connectivity index (χ3n) is 3.60. The van der Waals surface area contributed by atoms with E-state index >= 15 is 0 Å². The molecule has 0 aliphatic heterocycles. The highest BCUT2D eigenvalue weighted by Crippen LogP contribution is 2.17. The molecule has 1 aliphatic rings. The number of benzene rings is 1. The summed E-state index contributed by atoms with van der Waals surface area (Å²) in [5.74, 6) is -0.0163. The van der Waals surface area contributed by atoms with Crippen molar-refractivity contribution in [2.45, 2.75) is 44.8 Å². The molecule has 0 bridgehead atoms. The fourth-order valence-electron chi connectivity index (χ4n) is 2.45. The van der Waals surface area contributed by atoms with Gasteiger partial charge in [0, 0.05) is 19.0 Å². The average molecular weight is 305 g/mol. The van der Waals surface area contributed by atoms with E-state index in [4.69, 9.17) is 4.84 Å². The number of carbonyl (C=O) groups excluding carboxylic acids is 2. The third kappa shape index (κ3) is 6.13. The maximum Gasteiger partial charge on any atom is 0.338 e. The Balaban J connectivity index is 1.51. The second-order valence-electron chi connectivity index (χ2n) is 5.43. The Kier molecular flexibility index (Phi) is 6.70. The van der Waals surface area contributed by atoms with Crippen molar-refractivity contribution >= 4 is 11.9 Å². The molecule has 0 aromatic heterocycles. The van der Waals surface area contributed by atoms with Gasteiger partial charge in [-0.25, -0.2) is 10.3 Å². The van der Waals surface area contributed by atoms with Crippen LogP contribution in [-0.4, -0.2) is 24.5 Å². The molecule has 3 amide bonds. The van der Waals surface area contributed by atoms with Crippen LogP contribution in [0.25, 0.3) is 0 Å². The van der Waals surface area contributed by atoms with Gasteiger partial charge in [-0.05, 0) is 18.4 Å². The first-order valence-corrected chi connectivity index (χ1v) is 7.73. The second kappa shape index (κ2) is 9.04. The van der Waals surface area contributed by atoms with Crippen molar-refractivity contribution in [3.05, 3.63) is 35.9 Å². The molecule has 0 heterocycles. The van der Waals surface area contributed by atoms with Gasteiger partial charge in [0.1, 0.15) is 0 Å². The second-order valence-corrected chi connectivity index (χ2v) is 5.43. The average Bonchev–Trinajstić information content (AvgIpc) is 3.01. The van der Waals surface area contributed by atoms with Gasteiger partial charge in [-0.2, -0.15) is 0 Å². The highest BCUT2D eigenvalue weighted by atomic mass is 16.7. The Labute approximate surface area is 130 Å². The van der Waals surface area contributed by atoms with Crippen molar-refractivity contribution in [1.82, 2.24) is 16.1 Å². The van der Waals surface area contributed by atoms with Gasteiger partial charge in [-0.3, -0.25) is 9.63 Å². The Bertz CT molecular complexity index is 473. The van der Waals surface area contributed by atoms with Crippen molar-refractivity contribution in [2.75, 3.05) is 6.54 Å². The van der Waals surface area contributed by atoms with E-state index in [1.165, 1.54) is 12.8 Å². The Morgan fingerprint density at radius 3 is 2.59 bits per heavy atom. The summed E-state index contributed by atoms with van der Waals surface area (Å²) in [5, 5.41) is 5.56. The highest BCUT2D eigenvalue weighted by molar-refractivity contribution is 5.78. The molecule has 6 heteroatoms. The maximum absolute atomic E-state index is 11.7. The number of hydrogen-bond acceptors (Lipinski definition) is 3. The summed E-state index contributed by atoms with van der Waals surface area (Å²) in [6, 6.07) is 9.42. The summed E-state index contributed by atoms with van der Waals surface area (Å²) in [7, 11) is 0. The molecule has 0 spiro atoms. The Hall–Kier alpha value is -2.08. The predicted molar refractivity (Wildman–Crippen MR) is 82.8 cm³/mol. The molecular weight excluding hydrogens is 282 g/mol. The molecule has 1 aromatic carbocycles. The maximum atomic E-state index is 11.7. The summed E-state index contributed by atoms with van der Waals surface area (Å²) in [5.41, 5.74) is 3.27. The van der Waals surface area contributed by atoms with Crippen LogP contribution < -0.4 is 16.1 Å². The van der Waals surface area contributed by atoms with Crippen LogP contribution in [0.15, 0.2) is 30.3 Å². The lowest BCUT2D eigenvalue weighted by Gasteiger charge is -2.12. The first kappa shape index (κ1) is 16.3. The van der Waals surface area contributed by atoms with Gasteiger partial charge in [0.05, 0.1) is 6.61 Å². The van der Waals surface area contributed by atoms with Crippen molar-refractivity contribution in [3.8, 4) is 0 Å². The summed E-state index contributed by atoms with van der Waals surface area (Å²) >= 11 is 0. The molecule has 22 heavy (non-hydrogen) atoms. The van der Waals surface area contributed by atoms with Gasteiger partial charge in [0.15, 0.2) is 0 Å². The van der Waals surface area contributed by atoms with E-state index in [1.54, 1.807) is 0 Å². The molecular formula is C16H23N3O3. The molecule has 1 fully saturated rings. The van der Waals surface area contributed by atoms with Crippen LogP contribution in [0.1, 0.15) is 37.7 Å². The number of hydroxylamine groups is 1. The zero-order valence-corrected chi connectivity index (χ0v) is 12.6. The van der Waals surface area contributed by atoms with Gasteiger partial charge in [-0.1, -0.05) is 43.2 Å². The molecule has 1 aromatic rings. The van der Waals surface area contributed by atoms with Gasteiger partial charge in [-0.15, -0.1) is 0 Å². The van der Waals surface area contributed by atoms with E-state index < -0.39 is 6.03 Å². The first-order valence-electron chi connectivity index (χ1n) is 7.73. The number of rotatable bonds is 7. The van der Waals surface area contributed by atoms with E-state index in [-0.39, 0.29) is 12.3 Å². The van der Waals surface area contributed by atoms with Crippen molar-refractivity contribution in [3.63, 3.8) is 0 Å². The largest absolute Gasteiger partial charge is 0.353 e. The first-order chi connectivity index (χ1) is 10.7. The quantitative estimate of drug-likeness (QED) is 0.673. The molecule has 1 saturated carbocycles. The summed E-state index contributed by atoms with van der Waals surface area (Å²) in [6.07, 6.45) is 4.78. The van der Waals surface area contributed by atoms with Gasteiger partial charge < -0.3 is 10.6 Å². The lowest BCUT2D eigenvalue weighted by Crippen LogP contribution is -2.39. The number of carbonyl (C=O) groups is 2. The Morgan fingerprint density at radius 1 is 1.14 bits per heavy atom. The van der Waals surface area contributed by atoms with E-state index in [2.05, 4.69) is 16.1 Å². The van der Waals surface area contributed by atoms with Crippen LogP contribution in [0.4, 0.5) is 4.79 Å². The SMILES string of the molecule is O=C(CCNC(=O)NOCc1ccccc1)NC1CCCC1. The van der Waals surface area contributed by atoms with E-state index in [9.17, 15) is 9.59 Å². The predicted octanol–water partition coefficient (Wildman–Crippen LogP) is 1.87. The van der Waals surface area contributed by atoms with Crippen LogP contribution in [0.5, 0.6) is 0 Å². The molecule has 0 radical (unpaired) electrons. The van der Waals surface area contributed by atoms with Crippen LogP contribution in [0.3, 0.4) is 0 Å². The van der Waals surface area contributed by atoms with E-state index in [1.807, 2.05) is 30.3 Å². The fourth-order valence-corrected chi connectivity index (χ4v) is 2.45. The number of hydrogen-bond donors (Lipinski definition) is 3. The number of amides is 3. The van der Waals surface area contributed by atoms with Crippen molar-refractivity contribution in [1.29, 1.82) is 0 Å². The third-order valence-corrected chi connectivity index (χ3v) is 3.60. The molecule has 1 aliphatic carbocycles. The van der Waals surface area contributed by atoms with E-state index in [0.29, 0.717) is 19.2 Å². The van der Waals surface area contributed by atoms with Crippen LogP contribution in [-0.2, 0) is 16.2 Å². The van der Waals surface area contributed by atoms with Crippen LogP contribution >= 0.6 is 0 Å². The summed E-state index contributed by atoms with van der Waals surface area (Å²) in [4.78, 5) is 28.2.